The highest BCUT2D eigenvalue weighted by molar-refractivity contribution is 6.05. The van der Waals surface area contributed by atoms with E-state index < -0.39 is 6.10 Å². The summed E-state index contributed by atoms with van der Waals surface area (Å²) in [6.07, 6.45) is 1.44. The van der Waals surface area contributed by atoms with Gasteiger partial charge in [-0.15, -0.1) is 0 Å². The lowest BCUT2D eigenvalue weighted by molar-refractivity contribution is 0.0587. The molecule has 130 valence electrons. The normalized spacial score (nSPS) is 16.4. The highest BCUT2D eigenvalue weighted by atomic mass is 16.3. The van der Waals surface area contributed by atoms with Crippen LogP contribution in [0.3, 0.4) is 0 Å². The Hall–Kier alpha value is -2.15. The van der Waals surface area contributed by atoms with E-state index in [1.54, 1.807) is 17.8 Å². The predicted octanol–water partition coefficient (Wildman–Crippen LogP) is 1.28. The Bertz CT molecular complexity index is 840. The highest BCUT2D eigenvalue weighted by Gasteiger charge is 2.29. The molecule has 7 heteroatoms. The van der Waals surface area contributed by atoms with Crippen molar-refractivity contribution in [3.63, 3.8) is 0 Å². The van der Waals surface area contributed by atoms with Crippen LogP contribution in [0.4, 0.5) is 0 Å². The molecule has 0 aliphatic heterocycles. The summed E-state index contributed by atoms with van der Waals surface area (Å²) in [7, 11) is 1.71. The van der Waals surface area contributed by atoms with Crippen molar-refractivity contribution in [1.82, 2.24) is 20.1 Å². The minimum atomic E-state index is -0.671. The molecule has 0 aromatic carbocycles. The third-order valence-electron chi connectivity index (χ3n) is 4.53. The Morgan fingerprint density at radius 1 is 1.50 bits per heavy atom. The first-order valence-electron chi connectivity index (χ1n) is 8.24. The fraction of sp³-hybridized carbons (Fsp3) is 0.588. The number of hydrogen-bond acceptors (Lipinski definition) is 4. The van der Waals surface area contributed by atoms with E-state index in [2.05, 4.69) is 15.4 Å². The second-order valence-corrected chi connectivity index (χ2v) is 7.66. The van der Waals surface area contributed by atoms with Crippen LogP contribution in [0.2, 0.25) is 0 Å². The van der Waals surface area contributed by atoms with Gasteiger partial charge in [0.25, 0.3) is 11.5 Å². The van der Waals surface area contributed by atoms with Crippen LogP contribution in [0.25, 0.3) is 11.0 Å². The minimum absolute atomic E-state index is 0.135. The number of aromatic amines is 1. The zero-order valence-electron chi connectivity index (χ0n) is 14.5. The van der Waals surface area contributed by atoms with Gasteiger partial charge in [-0.3, -0.25) is 19.4 Å². The Morgan fingerprint density at radius 3 is 2.75 bits per heavy atom. The van der Waals surface area contributed by atoms with E-state index in [1.165, 1.54) is 0 Å². The molecule has 7 nitrogen and oxygen atoms in total. The number of aryl methyl sites for hydroxylation is 1. The van der Waals surface area contributed by atoms with E-state index in [0.29, 0.717) is 22.5 Å². The predicted molar refractivity (Wildman–Crippen MR) is 91.1 cm³/mol. The lowest BCUT2D eigenvalue weighted by Gasteiger charge is -2.25. The van der Waals surface area contributed by atoms with Gasteiger partial charge in [0, 0.05) is 25.2 Å². The van der Waals surface area contributed by atoms with Crippen LogP contribution in [-0.2, 0) is 7.05 Å². The molecule has 0 radical (unpaired) electrons. The topological polar surface area (TPSA) is 100 Å². The molecule has 1 aliphatic rings. The summed E-state index contributed by atoms with van der Waals surface area (Å²) < 4.78 is 1.55. The van der Waals surface area contributed by atoms with Gasteiger partial charge in [-0.25, -0.2) is 4.98 Å². The van der Waals surface area contributed by atoms with Crippen LogP contribution in [-0.4, -0.2) is 38.4 Å². The van der Waals surface area contributed by atoms with Crippen molar-refractivity contribution in [3.05, 3.63) is 27.7 Å². The van der Waals surface area contributed by atoms with Crippen molar-refractivity contribution < 1.29 is 9.90 Å². The number of carbonyl (C=O) groups is 1. The average molecular weight is 332 g/mol. The molecule has 0 saturated heterocycles. The summed E-state index contributed by atoms with van der Waals surface area (Å²) in [6, 6.07) is 1.72. The summed E-state index contributed by atoms with van der Waals surface area (Å²) in [5.41, 5.74) is 1.00. The zero-order valence-corrected chi connectivity index (χ0v) is 14.5. The van der Waals surface area contributed by atoms with Gasteiger partial charge in [-0.1, -0.05) is 20.8 Å². The van der Waals surface area contributed by atoms with E-state index in [1.807, 2.05) is 20.8 Å². The van der Waals surface area contributed by atoms with Crippen molar-refractivity contribution in [1.29, 1.82) is 0 Å². The maximum absolute atomic E-state index is 12.6. The molecule has 2 heterocycles. The number of nitrogens with zero attached hydrogens (tertiary/aromatic N) is 2. The van der Waals surface area contributed by atoms with E-state index >= 15 is 0 Å². The lowest BCUT2D eigenvalue weighted by atomic mass is 9.89. The van der Waals surface area contributed by atoms with Crippen LogP contribution in [0, 0.1) is 5.41 Å². The number of fused-ring (bicyclic) bond motifs is 1. The van der Waals surface area contributed by atoms with Crippen LogP contribution >= 0.6 is 0 Å². The molecule has 0 bridgehead atoms. The summed E-state index contributed by atoms with van der Waals surface area (Å²) >= 11 is 0. The number of H-pyrrole nitrogens is 1. The molecule has 1 aliphatic carbocycles. The number of rotatable bonds is 4. The Balaban J connectivity index is 1.95. The van der Waals surface area contributed by atoms with Gasteiger partial charge in [0.05, 0.1) is 17.1 Å². The molecule has 1 amide bonds. The Morgan fingerprint density at radius 2 is 2.17 bits per heavy atom. The Kier molecular flexibility index (Phi) is 3.99. The number of aliphatic hydroxyl groups excluding tert-OH is 1. The number of hydrogen-bond donors (Lipinski definition) is 3. The lowest BCUT2D eigenvalue weighted by Crippen LogP contribution is -2.39. The van der Waals surface area contributed by atoms with E-state index in [0.717, 1.165) is 18.5 Å². The summed E-state index contributed by atoms with van der Waals surface area (Å²) in [4.78, 5) is 29.3. The van der Waals surface area contributed by atoms with Gasteiger partial charge < -0.3 is 10.4 Å². The minimum Gasteiger partial charge on any atom is -0.391 e. The molecular formula is C17H24N4O3. The monoisotopic (exact) mass is 332 g/mol. The molecule has 2 aromatic heterocycles. The molecule has 1 atom stereocenters. The van der Waals surface area contributed by atoms with E-state index in [4.69, 9.17) is 0 Å². The van der Waals surface area contributed by atoms with Gasteiger partial charge in [-0.05, 0) is 24.3 Å². The third-order valence-corrected chi connectivity index (χ3v) is 4.53. The number of carbonyl (C=O) groups excluding carboxylic acids is 1. The Labute approximate surface area is 140 Å². The largest absolute Gasteiger partial charge is 0.391 e. The second-order valence-electron chi connectivity index (χ2n) is 7.66. The summed E-state index contributed by atoms with van der Waals surface area (Å²) in [6.45, 7) is 5.85. The van der Waals surface area contributed by atoms with E-state index in [9.17, 15) is 14.7 Å². The summed E-state index contributed by atoms with van der Waals surface area (Å²) in [5.74, 6) is 0.00965. The van der Waals surface area contributed by atoms with Crippen molar-refractivity contribution in [2.75, 3.05) is 6.54 Å². The fourth-order valence-electron chi connectivity index (χ4n) is 2.64. The van der Waals surface area contributed by atoms with Gasteiger partial charge >= 0.3 is 0 Å². The average Bonchev–Trinajstić information content (AvgIpc) is 3.30. The van der Waals surface area contributed by atoms with Crippen molar-refractivity contribution >= 4 is 16.9 Å². The van der Waals surface area contributed by atoms with Crippen molar-refractivity contribution in [2.45, 2.75) is 45.6 Å². The quantitative estimate of drug-likeness (QED) is 0.785. The van der Waals surface area contributed by atoms with Gasteiger partial charge in [0.15, 0.2) is 5.65 Å². The van der Waals surface area contributed by atoms with Crippen LogP contribution in [0.15, 0.2) is 10.9 Å². The third kappa shape index (κ3) is 3.08. The number of aliphatic hydroxyl groups is 1. The van der Waals surface area contributed by atoms with E-state index in [-0.39, 0.29) is 23.4 Å². The number of aromatic nitrogens is 3. The van der Waals surface area contributed by atoms with Crippen LogP contribution < -0.4 is 10.9 Å². The number of amides is 1. The fourth-order valence-corrected chi connectivity index (χ4v) is 2.64. The molecule has 1 unspecified atom stereocenters. The molecule has 1 fully saturated rings. The van der Waals surface area contributed by atoms with Crippen molar-refractivity contribution in [2.24, 2.45) is 12.5 Å². The van der Waals surface area contributed by atoms with Crippen molar-refractivity contribution in [3.8, 4) is 0 Å². The maximum atomic E-state index is 12.6. The van der Waals surface area contributed by atoms with Crippen LogP contribution in [0.5, 0.6) is 0 Å². The summed E-state index contributed by atoms with van der Waals surface area (Å²) in [5, 5.41) is 15.8. The number of pyridine rings is 1. The molecule has 1 saturated carbocycles. The van der Waals surface area contributed by atoms with Gasteiger partial charge in [-0.2, -0.15) is 0 Å². The molecular weight excluding hydrogens is 308 g/mol. The molecule has 2 aromatic rings. The van der Waals surface area contributed by atoms with Gasteiger partial charge in [0.1, 0.15) is 0 Å². The number of nitrogens with one attached hydrogen (secondary N) is 2. The second kappa shape index (κ2) is 5.73. The highest BCUT2D eigenvalue weighted by Crippen LogP contribution is 2.39. The molecule has 3 rings (SSSR count). The first-order valence-corrected chi connectivity index (χ1v) is 8.24. The molecule has 0 spiro atoms. The first-order chi connectivity index (χ1) is 11.2. The standard InChI is InChI=1S/C17H24N4O3/c1-17(2,3)12(22)8-18-15(23)10-7-11(9-5-6-9)19-14-13(10)16(24)20-21(14)4/h7,9,12,22H,5-6,8H2,1-4H3,(H,18,23)(H,20,24). The molecule has 24 heavy (non-hydrogen) atoms. The van der Waals surface area contributed by atoms with Crippen LogP contribution in [0.1, 0.15) is 55.6 Å². The zero-order chi connectivity index (χ0) is 17.6. The maximum Gasteiger partial charge on any atom is 0.274 e. The first kappa shape index (κ1) is 16.7. The molecule has 3 N–H and O–H groups in total. The smallest absolute Gasteiger partial charge is 0.274 e. The van der Waals surface area contributed by atoms with Gasteiger partial charge in [0.2, 0.25) is 0 Å². The SMILES string of the molecule is Cn1[nH]c(=O)c2c(C(=O)NCC(O)C(C)(C)C)cc(C3CC3)nc21.